The van der Waals surface area contributed by atoms with Crippen LogP contribution in [0, 0.1) is 0 Å². The summed E-state index contributed by atoms with van der Waals surface area (Å²) in [5.74, 6) is 1.19. The summed E-state index contributed by atoms with van der Waals surface area (Å²) >= 11 is 1.35. The van der Waals surface area contributed by atoms with Crippen molar-refractivity contribution in [2.75, 3.05) is 11.9 Å². The van der Waals surface area contributed by atoms with Crippen molar-refractivity contribution in [3.8, 4) is 0 Å². The third-order valence-electron chi connectivity index (χ3n) is 4.94. The first kappa shape index (κ1) is 23.4. The monoisotopic (exact) mass is 512 g/mol. The zero-order chi connectivity index (χ0) is 20.7. The molecule has 1 aromatic heterocycles. The number of benzene rings is 3. The molecular formula is C24H22BrN2O2PS. The van der Waals surface area contributed by atoms with Crippen LogP contribution in [0.1, 0.15) is 5.89 Å². The summed E-state index contributed by atoms with van der Waals surface area (Å²) in [6.45, 7) is 0. The van der Waals surface area contributed by atoms with Gasteiger partial charge in [-0.1, -0.05) is 71.5 Å². The lowest BCUT2D eigenvalue weighted by Crippen LogP contribution is -3.00. The van der Waals surface area contributed by atoms with E-state index in [0.29, 0.717) is 24.2 Å². The summed E-state index contributed by atoms with van der Waals surface area (Å²) in [5.41, 5.74) is 0. The molecule has 0 bridgehead atoms. The number of thioether (sulfide) groups is 1. The summed E-state index contributed by atoms with van der Waals surface area (Å²) in [4.78, 5) is 17.3. The van der Waals surface area contributed by atoms with Gasteiger partial charge in [-0.15, -0.1) is 0 Å². The second kappa shape index (κ2) is 11.4. The molecule has 1 heterocycles. The first-order valence-electron chi connectivity index (χ1n) is 9.75. The molecule has 0 unspecified atom stereocenters. The molecule has 0 amide bonds. The predicted molar refractivity (Wildman–Crippen MR) is 125 cm³/mol. The number of nitrogens with zero attached hydrogens (tertiary/aromatic N) is 2. The standard InChI is InChI=1S/C24H22N2O2PS.BrH/c27-24(30-17-16-23-25-19-26-28-23)18-29(20-10-4-1-5-11-20,21-12-6-2-7-13-21)22-14-8-3-9-15-22;/h1-15,19H,16-18H2;1H/q+1;/p-1. The lowest BCUT2D eigenvalue weighted by molar-refractivity contribution is -0.108. The maximum atomic E-state index is 13.2. The van der Waals surface area contributed by atoms with Crippen LogP contribution in [0.5, 0.6) is 0 Å². The van der Waals surface area contributed by atoms with E-state index in [2.05, 4.69) is 82.9 Å². The second-order valence-corrected chi connectivity index (χ2v) is 11.4. The van der Waals surface area contributed by atoms with Crippen LogP contribution in [-0.4, -0.2) is 27.2 Å². The van der Waals surface area contributed by atoms with Gasteiger partial charge in [-0.3, -0.25) is 4.79 Å². The molecule has 0 saturated carbocycles. The highest BCUT2D eigenvalue weighted by Crippen LogP contribution is 2.55. The number of aryl methyl sites for hydroxylation is 1. The minimum atomic E-state index is -2.13. The van der Waals surface area contributed by atoms with Crippen LogP contribution in [0.15, 0.2) is 102 Å². The largest absolute Gasteiger partial charge is 1.00 e. The van der Waals surface area contributed by atoms with Crippen molar-refractivity contribution in [1.82, 2.24) is 10.1 Å². The van der Waals surface area contributed by atoms with Crippen molar-refractivity contribution in [2.24, 2.45) is 0 Å². The highest BCUT2D eigenvalue weighted by atomic mass is 79.9. The van der Waals surface area contributed by atoms with Gasteiger partial charge in [0.05, 0.1) is 0 Å². The van der Waals surface area contributed by atoms with E-state index in [1.54, 1.807) is 0 Å². The summed E-state index contributed by atoms with van der Waals surface area (Å²) in [7, 11) is -2.13. The number of halogens is 1. The molecule has 0 N–H and O–H groups in total. The molecular weight excluding hydrogens is 491 g/mol. The molecule has 0 spiro atoms. The van der Waals surface area contributed by atoms with Gasteiger partial charge >= 0.3 is 0 Å². The second-order valence-electron chi connectivity index (χ2n) is 6.78. The number of rotatable bonds is 8. The molecule has 7 heteroatoms. The van der Waals surface area contributed by atoms with Crippen molar-refractivity contribution in [3.63, 3.8) is 0 Å². The number of hydrogen-bond acceptors (Lipinski definition) is 5. The number of aromatic nitrogens is 2. The third kappa shape index (κ3) is 5.51. The van der Waals surface area contributed by atoms with Crippen LogP contribution < -0.4 is 32.9 Å². The van der Waals surface area contributed by atoms with E-state index in [1.807, 2.05) is 18.2 Å². The van der Waals surface area contributed by atoms with E-state index < -0.39 is 7.26 Å². The Morgan fingerprint density at radius 1 is 0.806 bits per heavy atom. The Morgan fingerprint density at radius 2 is 1.29 bits per heavy atom. The molecule has 0 saturated heterocycles. The molecule has 4 aromatic rings. The quantitative estimate of drug-likeness (QED) is 0.328. The Bertz CT molecular complexity index is 968. The number of carbonyl (C=O) groups is 1. The Labute approximate surface area is 197 Å². The molecule has 3 aromatic carbocycles. The lowest BCUT2D eigenvalue weighted by Gasteiger charge is -2.26. The highest BCUT2D eigenvalue weighted by Gasteiger charge is 2.47. The zero-order valence-corrected chi connectivity index (χ0v) is 20.1. The molecule has 0 radical (unpaired) electrons. The molecule has 4 nitrogen and oxygen atoms in total. The van der Waals surface area contributed by atoms with Gasteiger partial charge in [0.25, 0.3) is 0 Å². The summed E-state index contributed by atoms with van der Waals surface area (Å²) in [6.07, 6.45) is 2.45. The summed E-state index contributed by atoms with van der Waals surface area (Å²) in [6, 6.07) is 31.4. The van der Waals surface area contributed by atoms with Gasteiger partial charge in [0.1, 0.15) is 29.3 Å². The van der Waals surface area contributed by atoms with Gasteiger partial charge in [-0.25, -0.2) is 0 Å². The Morgan fingerprint density at radius 3 is 1.71 bits per heavy atom. The van der Waals surface area contributed by atoms with Gasteiger partial charge in [-0.2, -0.15) is 4.98 Å². The van der Waals surface area contributed by atoms with Crippen LogP contribution in [0.25, 0.3) is 0 Å². The van der Waals surface area contributed by atoms with E-state index >= 15 is 0 Å². The number of hydrogen-bond donors (Lipinski definition) is 0. The Hall–Kier alpha value is -2.27. The van der Waals surface area contributed by atoms with E-state index in [1.165, 1.54) is 34.0 Å². The molecule has 0 aliphatic rings. The summed E-state index contributed by atoms with van der Waals surface area (Å²) < 4.78 is 5.05. The van der Waals surface area contributed by atoms with Crippen LogP contribution >= 0.6 is 19.0 Å². The van der Waals surface area contributed by atoms with E-state index in [9.17, 15) is 4.79 Å². The molecule has 4 rings (SSSR count). The minimum absolute atomic E-state index is 0. The van der Waals surface area contributed by atoms with Crippen molar-refractivity contribution in [1.29, 1.82) is 0 Å². The van der Waals surface area contributed by atoms with E-state index in [0.717, 1.165) is 0 Å². The summed E-state index contributed by atoms with van der Waals surface area (Å²) in [5, 5.41) is 7.45. The van der Waals surface area contributed by atoms with Gasteiger partial charge < -0.3 is 21.5 Å². The maximum absolute atomic E-state index is 13.2. The SMILES string of the molecule is O=C(C[P+](c1ccccc1)(c1ccccc1)c1ccccc1)SCCc1ncno1.[Br-]. The smallest absolute Gasteiger partial charge is 0.227 e. The minimum Gasteiger partial charge on any atom is -1.00 e. The Balaban J connectivity index is 0.00000272. The molecule has 0 aliphatic heterocycles. The van der Waals surface area contributed by atoms with Crippen LogP contribution in [0.3, 0.4) is 0 Å². The van der Waals surface area contributed by atoms with Gasteiger partial charge in [0, 0.05) is 12.2 Å². The fourth-order valence-electron chi connectivity index (χ4n) is 3.57. The lowest BCUT2D eigenvalue weighted by atomic mass is 10.4. The van der Waals surface area contributed by atoms with Crippen molar-refractivity contribution in [2.45, 2.75) is 6.42 Å². The highest BCUT2D eigenvalue weighted by molar-refractivity contribution is 8.15. The molecule has 0 atom stereocenters. The zero-order valence-electron chi connectivity index (χ0n) is 16.8. The van der Waals surface area contributed by atoms with E-state index in [-0.39, 0.29) is 22.1 Å². The van der Waals surface area contributed by atoms with Gasteiger partial charge in [0.2, 0.25) is 11.0 Å². The van der Waals surface area contributed by atoms with E-state index in [4.69, 9.17) is 4.52 Å². The van der Waals surface area contributed by atoms with Crippen molar-refractivity contribution < 1.29 is 26.3 Å². The van der Waals surface area contributed by atoms with Crippen LogP contribution in [0.4, 0.5) is 0 Å². The molecule has 0 aliphatic carbocycles. The van der Waals surface area contributed by atoms with Crippen LogP contribution in [0.2, 0.25) is 0 Å². The Kier molecular flexibility index (Phi) is 8.59. The van der Waals surface area contributed by atoms with Gasteiger partial charge in [0.15, 0.2) is 6.33 Å². The first-order valence-corrected chi connectivity index (χ1v) is 12.7. The third-order valence-corrected chi connectivity index (χ3v) is 10.3. The topological polar surface area (TPSA) is 56.0 Å². The van der Waals surface area contributed by atoms with Crippen molar-refractivity contribution >= 4 is 40.1 Å². The van der Waals surface area contributed by atoms with Crippen molar-refractivity contribution in [3.05, 3.63) is 103 Å². The van der Waals surface area contributed by atoms with Gasteiger partial charge in [-0.05, 0) is 36.4 Å². The molecule has 158 valence electrons. The maximum Gasteiger partial charge on any atom is 0.227 e. The average molecular weight is 513 g/mol. The molecule has 0 fully saturated rings. The fraction of sp³-hybridized carbons (Fsp3) is 0.125. The first-order chi connectivity index (χ1) is 14.8. The number of carbonyl (C=O) groups excluding carboxylic acids is 1. The normalized spacial score (nSPS) is 11.0. The fourth-order valence-corrected chi connectivity index (χ4v) is 8.89. The molecule has 31 heavy (non-hydrogen) atoms. The predicted octanol–water partition coefficient (Wildman–Crippen LogP) is 0.870. The average Bonchev–Trinajstić information content (AvgIpc) is 3.33. The van der Waals surface area contributed by atoms with Crippen LogP contribution in [-0.2, 0) is 11.2 Å².